The highest BCUT2D eigenvalue weighted by Gasteiger charge is 2.26. The first-order valence-corrected chi connectivity index (χ1v) is 8.09. The summed E-state index contributed by atoms with van der Waals surface area (Å²) < 4.78 is 12.4. The summed E-state index contributed by atoms with van der Waals surface area (Å²) in [5.74, 6) is 0.145. The van der Waals surface area contributed by atoms with Crippen LogP contribution in [0.25, 0.3) is 0 Å². The highest BCUT2D eigenvalue weighted by Crippen LogP contribution is 2.29. The monoisotopic (exact) mass is 330 g/mol. The van der Waals surface area contributed by atoms with Crippen molar-refractivity contribution in [2.45, 2.75) is 25.3 Å². The van der Waals surface area contributed by atoms with Crippen LogP contribution in [0, 0.1) is 0 Å². The van der Waals surface area contributed by atoms with Crippen molar-refractivity contribution in [3.63, 3.8) is 0 Å². The molecule has 0 fully saturated rings. The minimum Gasteiger partial charge on any atom is -0.475 e. The Morgan fingerprint density at radius 2 is 2.33 bits per heavy atom. The van der Waals surface area contributed by atoms with Crippen LogP contribution < -0.4 is 10.1 Å². The minimum atomic E-state index is -0.183. The standard InChI is InChI=1S/C17H22N4O3/c1-21-15-7-3-6-14(13(15)11-19-21)20-16(22)12-5-4-8-18-17(12)24-10-9-23-2/h4-5,8,11,14H,3,6-7,9-10H2,1-2H3,(H,20,22)/t14-/m0/s1. The lowest BCUT2D eigenvalue weighted by atomic mass is 9.93. The van der Waals surface area contributed by atoms with Crippen molar-refractivity contribution in [2.75, 3.05) is 20.3 Å². The van der Waals surface area contributed by atoms with Crippen molar-refractivity contribution in [1.82, 2.24) is 20.1 Å². The molecule has 24 heavy (non-hydrogen) atoms. The number of hydrogen-bond donors (Lipinski definition) is 1. The van der Waals surface area contributed by atoms with Crippen molar-refractivity contribution in [1.29, 1.82) is 0 Å². The molecule has 0 bridgehead atoms. The van der Waals surface area contributed by atoms with Crippen molar-refractivity contribution in [3.8, 4) is 5.88 Å². The summed E-state index contributed by atoms with van der Waals surface area (Å²) in [5, 5.41) is 7.40. The number of aryl methyl sites for hydroxylation is 1. The van der Waals surface area contributed by atoms with Crippen molar-refractivity contribution in [3.05, 3.63) is 41.3 Å². The Bertz CT molecular complexity index is 714. The Hall–Kier alpha value is -2.41. The van der Waals surface area contributed by atoms with Crippen molar-refractivity contribution in [2.24, 2.45) is 7.05 Å². The van der Waals surface area contributed by atoms with E-state index in [0.717, 1.165) is 24.8 Å². The summed E-state index contributed by atoms with van der Waals surface area (Å²) in [6.07, 6.45) is 6.39. The van der Waals surface area contributed by atoms with E-state index in [4.69, 9.17) is 9.47 Å². The van der Waals surface area contributed by atoms with Gasteiger partial charge in [0.2, 0.25) is 5.88 Å². The number of ether oxygens (including phenoxy) is 2. The van der Waals surface area contributed by atoms with Crippen LogP contribution in [-0.2, 0) is 18.2 Å². The van der Waals surface area contributed by atoms with Crippen LogP contribution in [0.15, 0.2) is 24.5 Å². The van der Waals surface area contributed by atoms with Gasteiger partial charge in [0.25, 0.3) is 5.91 Å². The second kappa shape index (κ2) is 7.44. The van der Waals surface area contributed by atoms with Crippen molar-refractivity contribution >= 4 is 5.91 Å². The van der Waals surface area contributed by atoms with Crippen LogP contribution in [0.3, 0.4) is 0 Å². The molecule has 3 rings (SSSR count). The van der Waals surface area contributed by atoms with Gasteiger partial charge >= 0.3 is 0 Å². The molecule has 2 aromatic heterocycles. The smallest absolute Gasteiger partial charge is 0.257 e. The number of nitrogens with zero attached hydrogens (tertiary/aromatic N) is 3. The van der Waals surface area contributed by atoms with Crippen molar-refractivity contribution < 1.29 is 14.3 Å². The van der Waals surface area contributed by atoms with Gasteiger partial charge in [0, 0.05) is 31.6 Å². The molecular weight excluding hydrogens is 308 g/mol. The number of carbonyl (C=O) groups is 1. The molecule has 0 aliphatic heterocycles. The van der Waals surface area contributed by atoms with Crippen LogP contribution >= 0.6 is 0 Å². The molecule has 0 saturated carbocycles. The van der Waals surface area contributed by atoms with Gasteiger partial charge in [-0.3, -0.25) is 9.48 Å². The van der Waals surface area contributed by atoms with E-state index in [2.05, 4.69) is 15.4 Å². The third-order valence-electron chi connectivity index (χ3n) is 4.22. The number of nitrogens with one attached hydrogen (secondary N) is 1. The van der Waals surface area contributed by atoms with Gasteiger partial charge in [0.05, 0.1) is 18.8 Å². The molecule has 1 amide bonds. The zero-order valence-electron chi connectivity index (χ0n) is 14.0. The molecule has 0 unspecified atom stereocenters. The molecule has 0 aromatic carbocycles. The molecule has 7 nitrogen and oxygen atoms in total. The number of amides is 1. The normalized spacial score (nSPS) is 16.5. The lowest BCUT2D eigenvalue weighted by Crippen LogP contribution is -2.31. The predicted molar refractivity (Wildman–Crippen MR) is 88.0 cm³/mol. The maximum Gasteiger partial charge on any atom is 0.257 e. The van der Waals surface area contributed by atoms with E-state index in [0.29, 0.717) is 24.7 Å². The van der Waals surface area contributed by atoms with E-state index in [-0.39, 0.29) is 11.9 Å². The van der Waals surface area contributed by atoms with Crippen LogP contribution in [0.4, 0.5) is 0 Å². The van der Waals surface area contributed by atoms with Gasteiger partial charge in [-0.15, -0.1) is 0 Å². The Kier molecular flexibility index (Phi) is 5.10. The van der Waals surface area contributed by atoms with E-state index >= 15 is 0 Å². The Labute approximate surface area is 141 Å². The molecule has 2 heterocycles. The molecule has 7 heteroatoms. The first-order chi connectivity index (χ1) is 11.7. The third kappa shape index (κ3) is 3.41. The van der Waals surface area contributed by atoms with E-state index in [9.17, 15) is 4.79 Å². The number of pyridine rings is 1. The first kappa shape index (κ1) is 16.4. The van der Waals surface area contributed by atoms with Crippen LogP contribution in [0.1, 0.15) is 40.5 Å². The Balaban J connectivity index is 1.74. The summed E-state index contributed by atoms with van der Waals surface area (Å²) in [5.41, 5.74) is 2.72. The summed E-state index contributed by atoms with van der Waals surface area (Å²) in [4.78, 5) is 16.9. The maximum atomic E-state index is 12.7. The van der Waals surface area contributed by atoms with Crippen LogP contribution in [0.5, 0.6) is 5.88 Å². The number of rotatable bonds is 6. The van der Waals surface area contributed by atoms with Gasteiger partial charge in [-0.1, -0.05) is 0 Å². The highest BCUT2D eigenvalue weighted by atomic mass is 16.5. The molecule has 0 radical (unpaired) electrons. The lowest BCUT2D eigenvalue weighted by Gasteiger charge is -2.24. The fraction of sp³-hybridized carbons (Fsp3) is 0.471. The zero-order valence-corrected chi connectivity index (χ0v) is 14.0. The van der Waals surface area contributed by atoms with E-state index in [1.807, 2.05) is 17.9 Å². The van der Waals surface area contributed by atoms with Gasteiger partial charge in [-0.05, 0) is 31.4 Å². The average Bonchev–Trinajstić information content (AvgIpc) is 2.98. The zero-order chi connectivity index (χ0) is 16.9. The number of hydrogen-bond acceptors (Lipinski definition) is 5. The lowest BCUT2D eigenvalue weighted by molar-refractivity contribution is 0.0923. The number of fused-ring (bicyclic) bond motifs is 1. The summed E-state index contributed by atoms with van der Waals surface area (Å²) in [6, 6.07) is 3.42. The molecule has 0 spiro atoms. The fourth-order valence-electron chi connectivity index (χ4n) is 2.99. The number of carbonyl (C=O) groups excluding carboxylic acids is 1. The Morgan fingerprint density at radius 3 is 3.17 bits per heavy atom. The molecule has 1 N–H and O–H groups in total. The highest BCUT2D eigenvalue weighted by molar-refractivity contribution is 5.96. The van der Waals surface area contributed by atoms with Gasteiger partial charge in [-0.2, -0.15) is 5.10 Å². The second-order valence-corrected chi connectivity index (χ2v) is 5.79. The second-order valence-electron chi connectivity index (χ2n) is 5.79. The largest absolute Gasteiger partial charge is 0.475 e. The van der Waals surface area contributed by atoms with Crippen LogP contribution in [-0.4, -0.2) is 41.0 Å². The van der Waals surface area contributed by atoms with Gasteiger partial charge in [0.1, 0.15) is 12.2 Å². The average molecular weight is 330 g/mol. The summed E-state index contributed by atoms with van der Waals surface area (Å²) in [7, 11) is 3.54. The summed E-state index contributed by atoms with van der Waals surface area (Å²) >= 11 is 0. The van der Waals surface area contributed by atoms with Gasteiger partial charge in [0.15, 0.2) is 0 Å². The van der Waals surface area contributed by atoms with Gasteiger partial charge in [-0.25, -0.2) is 4.98 Å². The molecular formula is C17H22N4O3. The number of aromatic nitrogens is 3. The Morgan fingerprint density at radius 1 is 1.46 bits per heavy atom. The maximum absolute atomic E-state index is 12.7. The van der Waals surface area contributed by atoms with Gasteiger partial charge < -0.3 is 14.8 Å². The molecule has 1 aliphatic carbocycles. The van der Waals surface area contributed by atoms with E-state index in [1.54, 1.807) is 25.4 Å². The predicted octanol–water partition coefficient (Wildman–Crippen LogP) is 1.65. The molecule has 1 atom stereocenters. The number of methoxy groups -OCH3 is 1. The fourth-order valence-corrected chi connectivity index (χ4v) is 2.99. The molecule has 128 valence electrons. The third-order valence-corrected chi connectivity index (χ3v) is 4.22. The molecule has 2 aromatic rings. The minimum absolute atomic E-state index is 0.0259. The molecule has 1 aliphatic rings. The van der Waals surface area contributed by atoms with Crippen LogP contribution in [0.2, 0.25) is 0 Å². The van der Waals surface area contributed by atoms with E-state index < -0.39 is 0 Å². The SMILES string of the molecule is COCCOc1ncccc1C(=O)N[C@H]1CCCc2c1cnn2C. The quantitative estimate of drug-likeness (QED) is 0.815. The van der Waals surface area contributed by atoms with E-state index in [1.165, 1.54) is 5.69 Å². The first-order valence-electron chi connectivity index (χ1n) is 8.09. The topological polar surface area (TPSA) is 78.3 Å². The summed E-state index contributed by atoms with van der Waals surface area (Å²) in [6.45, 7) is 0.795. The molecule has 0 saturated heterocycles.